The minimum absolute atomic E-state index is 0.142. The largest absolute Gasteiger partial charge is 0.316 e. The molecule has 0 bridgehead atoms. The van der Waals surface area contributed by atoms with Gasteiger partial charge in [0.15, 0.2) is 0 Å². The minimum atomic E-state index is 0.142. The van der Waals surface area contributed by atoms with Crippen molar-refractivity contribution in [2.45, 2.75) is 77.2 Å². The van der Waals surface area contributed by atoms with Crippen LogP contribution in [-0.4, -0.2) is 23.3 Å². The van der Waals surface area contributed by atoms with Gasteiger partial charge in [-0.2, -0.15) is 0 Å². The Hall–Kier alpha value is -0.120. The third-order valence-electron chi connectivity index (χ3n) is 3.60. The van der Waals surface area contributed by atoms with E-state index in [1.807, 2.05) is 0 Å². The Bertz CT molecular complexity index is 156. The van der Waals surface area contributed by atoms with Crippen LogP contribution in [0.4, 0.5) is 0 Å². The molecule has 1 saturated carbocycles. The quantitative estimate of drug-likeness (QED) is 0.687. The maximum atomic E-state index is 6.17. The molecule has 3 heteroatoms. The molecule has 0 amide bonds. The SMILES string of the molecule is CCC(N)N(C(N)CC)C1CCCCC1. The van der Waals surface area contributed by atoms with E-state index in [0.29, 0.717) is 6.04 Å². The highest BCUT2D eigenvalue weighted by Gasteiger charge is 2.28. The van der Waals surface area contributed by atoms with Crippen molar-refractivity contribution in [1.29, 1.82) is 0 Å². The van der Waals surface area contributed by atoms with Crippen molar-refractivity contribution in [2.24, 2.45) is 11.5 Å². The molecule has 1 fully saturated rings. The van der Waals surface area contributed by atoms with Gasteiger partial charge in [-0.1, -0.05) is 33.1 Å². The van der Waals surface area contributed by atoms with Gasteiger partial charge in [-0.25, -0.2) is 0 Å². The fourth-order valence-electron chi connectivity index (χ4n) is 2.59. The predicted molar refractivity (Wildman–Crippen MR) is 65.2 cm³/mol. The fourth-order valence-corrected chi connectivity index (χ4v) is 2.59. The van der Waals surface area contributed by atoms with Crippen LogP contribution in [0.5, 0.6) is 0 Å². The molecule has 1 aliphatic rings. The molecular weight excluding hydrogens is 186 g/mol. The van der Waals surface area contributed by atoms with Crippen LogP contribution in [-0.2, 0) is 0 Å². The van der Waals surface area contributed by atoms with Crippen molar-refractivity contribution < 1.29 is 0 Å². The van der Waals surface area contributed by atoms with E-state index in [2.05, 4.69) is 18.7 Å². The maximum Gasteiger partial charge on any atom is 0.0585 e. The molecule has 15 heavy (non-hydrogen) atoms. The Morgan fingerprint density at radius 3 is 1.87 bits per heavy atom. The second-order valence-electron chi connectivity index (χ2n) is 4.69. The summed E-state index contributed by atoms with van der Waals surface area (Å²) in [6.07, 6.45) is 8.89. The molecule has 0 saturated heterocycles. The van der Waals surface area contributed by atoms with Gasteiger partial charge in [-0.3, -0.25) is 4.90 Å². The van der Waals surface area contributed by atoms with Gasteiger partial charge in [-0.05, 0) is 25.7 Å². The lowest BCUT2D eigenvalue weighted by atomic mass is 9.93. The van der Waals surface area contributed by atoms with E-state index in [0.717, 1.165) is 12.8 Å². The van der Waals surface area contributed by atoms with Crippen LogP contribution >= 0.6 is 0 Å². The number of rotatable bonds is 5. The van der Waals surface area contributed by atoms with E-state index in [-0.39, 0.29) is 12.3 Å². The second-order valence-corrected chi connectivity index (χ2v) is 4.69. The standard InChI is InChI=1S/C12H27N3/c1-3-11(13)15(12(14)4-2)10-8-6-5-7-9-10/h10-12H,3-9,13-14H2,1-2H3. The van der Waals surface area contributed by atoms with Crippen LogP contribution in [0, 0.1) is 0 Å². The van der Waals surface area contributed by atoms with Gasteiger partial charge in [0.25, 0.3) is 0 Å². The molecular formula is C12H27N3. The average Bonchev–Trinajstić information content (AvgIpc) is 2.30. The molecule has 1 rings (SSSR count). The fraction of sp³-hybridized carbons (Fsp3) is 1.00. The van der Waals surface area contributed by atoms with Crippen molar-refractivity contribution >= 4 is 0 Å². The van der Waals surface area contributed by atoms with Gasteiger partial charge in [0.2, 0.25) is 0 Å². The summed E-state index contributed by atoms with van der Waals surface area (Å²) in [6, 6.07) is 0.628. The summed E-state index contributed by atoms with van der Waals surface area (Å²) in [5, 5.41) is 0. The first-order valence-electron chi connectivity index (χ1n) is 6.49. The van der Waals surface area contributed by atoms with Crippen LogP contribution < -0.4 is 11.5 Å². The monoisotopic (exact) mass is 213 g/mol. The van der Waals surface area contributed by atoms with Gasteiger partial charge < -0.3 is 11.5 Å². The molecule has 3 nitrogen and oxygen atoms in total. The summed E-state index contributed by atoms with van der Waals surface area (Å²) in [5.41, 5.74) is 12.3. The Labute approximate surface area is 94.2 Å². The van der Waals surface area contributed by atoms with Gasteiger partial charge >= 0.3 is 0 Å². The lowest BCUT2D eigenvalue weighted by molar-refractivity contribution is 0.0561. The van der Waals surface area contributed by atoms with Crippen LogP contribution in [0.2, 0.25) is 0 Å². The highest BCUT2D eigenvalue weighted by atomic mass is 15.3. The molecule has 0 aromatic rings. The van der Waals surface area contributed by atoms with Crippen LogP contribution in [0.15, 0.2) is 0 Å². The van der Waals surface area contributed by atoms with Gasteiger partial charge in [0.05, 0.1) is 12.3 Å². The first kappa shape index (κ1) is 12.9. The summed E-state index contributed by atoms with van der Waals surface area (Å²) in [4.78, 5) is 2.36. The van der Waals surface area contributed by atoms with E-state index >= 15 is 0 Å². The van der Waals surface area contributed by atoms with Crippen molar-refractivity contribution in [3.05, 3.63) is 0 Å². The normalized spacial score (nSPS) is 23.0. The molecule has 0 aromatic carbocycles. The van der Waals surface area contributed by atoms with E-state index in [1.165, 1.54) is 32.1 Å². The zero-order valence-electron chi connectivity index (χ0n) is 10.3. The van der Waals surface area contributed by atoms with Crippen LogP contribution in [0.1, 0.15) is 58.8 Å². The third kappa shape index (κ3) is 3.44. The van der Waals surface area contributed by atoms with E-state index in [1.54, 1.807) is 0 Å². The topological polar surface area (TPSA) is 55.3 Å². The molecule has 2 atom stereocenters. The summed E-state index contributed by atoms with van der Waals surface area (Å²) in [7, 11) is 0. The molecule has 0 radical (unpaired) electrons. The maximum absolute atomic E-state index is 6.17. The zero-order chi connectivity index (χ0) is 11.3. The summed E-state index contributed by atoms with van der Waals surface area (Å²) in [6.45, 7) is 4.28. The number of nitrogens with zero attached hydrogens (tertiary/aromatic N) is 1. The highest BCUT2D eigenvalue weighted by Crippen LogP contribution is 2.25. The number of nitrogens with two attached hydrogens (primary N) is 2. The highest BCUT2D eigenvalue weighted by molar-refractivity contribution is 4.81. The summed E-state index contributed by atoms with van der Waals surface area (Å²) < 4.78 is 0. The molecule has 1 aliphatic carbocycles. The van der Waals surface area contributed by atoms with Crippen molar-refractivity contribution in [2.75, 3.05) is 0 Å². The van der Waals surface area contributed by atoms with Gasteiger partial charge in [0, 0.05) is 6.04 Å². The molecule has 0 heterocycles. The smallest absolute Gasteiger partial charge is 0.0585 e. The molecule has 4 N–H and O–H groups in total. The predicted octanol–water partition coefficient (Wildman–Crippen LogP) is 2.01. The Kier molecular flexibility index (Phi) is 5.58. The second kappa shape index (κ2) is 6.46. The Morgan fingerprint density at radius 2 is 1.47 bits per heavy atom. The Balaban J connectivity index is 2.60. The first-order chi connectivity index (χ1) is 7.20. The van der Waals surface area contributed by atoms with E-state index in [4.69, 9.17) is 11.5 Å². The van der Waals surface area contributed by atoms with E-state index in [9.17, 15) is 0 Å². The van der Waals surface area contributed by atoms with Crippen molar-refractivity contribution in [3.63, 3.8) is 0 Å². The summed E-state index contributed by atoms with van der Waals surface area (Å²) in [5.74, 6) is 0. The number of hydrogen-bond donors (Lipinski definition) is 2. The Morgan fingerprint density at radius 1 is 1.00 bits per heavy atom. The lowest BCUT2D eigenvalue weighted by Gasteiger charge is -2.41. The lowest BCUT2D eigenvalue weighted by Crippen LogP contribution is -2.56. The number of hydrogen-bond acceptors (Lipinski definition) is 3. The molecule has 0 spiro atoms. The van der Waals surface area contributed by atoms with Gasteiger partial charge in [-0.15, -0.1) is 0 Å². The van der Waals surface area contributed by atoms with Crippen molar-refractivity contribution in [1.82, 2.24) is 4.90 Å². The van der Waals surface area contributed by atoms with Crippen LogP contribution in [0.3, 0.4) is 0 Å². The van der Waals surface area contributed by atoms with Crippen LogP contribution in [0.25, 0.3) is 0 Å². The molecule has 0 aromatic heterocycles. The molecule has 90 valence electrons. The average molecular weight is 213 g/mol. The van der Waals surface area contributed by atoms with Crippen molar-refractivity contribution in [3.8, 4) is 0 Å². The molecule has 0 aliphatic heterocycles. The first-order valence-corrected chi connectivity index (χ1v) is 6.49. The van der Waals surface area contributed by atoms with E-state index < -0.39 is 0 Å². The molecule has 2 unspecified atom stereocenters. The van der Waals surface area contributed by atoms with Gasteiger partial charge in [0.1, 0.15) is 0 Å². The zero-order valence-corrected chi connectivity index (χ0v) is 10.3. The summed E-state index contributed by atoms with van der Waals surface area (Å²) >= 11 is 0. The minimum Gasteiger partial charge on any atom is -0.316 e. The third-order valence-corrected chi connectivity index (χ3v) is 3.60.